The van der Waals surface area contributed by atoms with Gasteiger partial charge in [0.1, 0.15) is 4.90 Å². The Hall–Kier alpha value is -0.920. The third kappa shape index (κ3) is 2.10. The first kappa shape index (κ1) is 12.5. The Balaban J connectivity index is 2.42. The van der Waals surface area contributed by atoms with Crippen molar-refractivity contribution in [3.05, 3.63) is 11.4 Å². The number of nitrogens with one attached hydrogen (secondary N) is 1. The summed E-state index contributed by atoms with van der Waals surface area (Å²) in [5.74, 6) is 0. The quantitative estimate of drug-likeness (QED) is 0.807. The van der Waals surface area contributed by atoms with Crippen molar-refractivity contribution in [1.29, 1.82) is 0 Å². The van der Waals surface area contributed by atoms with E-state index in [1.54, 1.807) is 13.8 Å². The summed E-state index contributed by atoms with van der Waals surface area (Å²) in [4.78, 5) is 0.273. The number of aromatic amines is 1. The Kier molecular flexibility index (Phi) is 3.24. The van der Waals surface area contributed by atoms with Gasteiger partial charge in [-0.3, -0.25) is 5.10 Å². The van der Waals surface area contributed by atoms with E-state index in [0.29, 0.717) is 17.9 Å². The number of aromatic nitrogens is 2. The van der Waals surface area contributed by atoms with Crippen LogP contribution >= 0.6 is 0 Å². The average Bonchev–Trinajstić information content (AvgIpc) is 2.59. The van der Waals surface area contributed by atoms with Gasteiger partial charge in [0.25, 0.3) is 0 Å². The number of hydrogen-bond donors (Lipinski definition) is 2. The van der Waals surface area contributed by atoms with E-state index in [-0.39, 0.29) is 4.90 Å². The van der Waals surface area contributed by atoms with Crippen molar-refractivity contribution < 1.29 is 8.42 Å². The van der Waals surface area contributed by atoms with Gasteiger partial charge in [-0.1, -0.05) is 0 Å². The van der Waals surface area contributed by atoms with Gasteiger partial charge in [0.2, 0.25) is 10.0 Å². The molecule has 3 N–H and O–H groups in total. The molecule has 1 saturated heterocycles. The van der Waals surface area contributed by atoms with Crippen LogP contribution in [0, 0.1) is 13.8 Å². The second kappa shape index (κ2) is 4.40. The van der Waals surface area contributed by atoms with Gasteiger partial charge in [0.15, 0.2) is 0 Å². The molecule has 1 aromatic heterocycles. The standard InChI is InChI=1S/C10H18N4O2S/c1-7-10(8(2)13-12-7)17(15,16)14-6-4-3-5-9(14)11/h9H,3-6,11H2,1-2H3,(H,12,13). The predicted molar refractivity (Wildman–Crippen MR) is 63.8 cm³/mol. The van der Waals surface area contributed by atoms with Crippen LogP contribution < -0.4 is 5.73 Å². The molecule has 0 radical (unpaired) electrons. The fourth-order valence-corrected chi connectivity index (χ4v) is 4.18. The minimum absolute atomic E-state index is 0.273. The average molecular weight is 258 g/mol. The predicted octanol–water partition coefficient (Wildman–Crippen LogP) is 0.486. The van der Waals surface area contributed by atoms with E-state index in [9.17, 15) is 8.42 Å². The summed E-state index contributed by atoms with van der Waals surface area (Å²) in [5, 5.41) is 6.63. The van der Waals surface area contributed by atoms with E-state index in [4.69, 9.17) is 5.73 Å². The number of aryl methyl sites for hydroxylation is 2. The number of nitrogens with zero attached hydrogens (tertiary/aromatic N) is 2. The highest BCUT2D eigenvalue weighted by atomic mass is 32.2. The summed E-state index contributed by atoms with van der Waals surface area (Å²) >= 11 is 0. The maximum atomic E-state index is 12.5. The van der Waals surface area contributed by atoms with Gasteiger partial charge in [0.05, 0.1) is 17.6 Å². The van der Waals surface area contributed by atoms with Crippen LogP contribution in [-0.2, 0) is 10.0 Å². The minimum Gasteiger partial charge on any atom is -0.315 e. The molecule has 0 bridgehead atoms. The molecule has 96 valence electrons. The lowest BCUT2D eigenvalue weighted by atomic mass is 10.1. The van der Waals surface area contributed by atoms with Crippen LogP contribution in [0.25, 0.3) is 0 Å². The van der Waals surface area contributed by atoms with E-state index in [1.807, 2.05) is 0 Å². The van der Waals surface area contributed by atoms with Crippen LogP contribution in [-0.4, -0.2) is 35.6 Å². The Morgan fingerprint density at radius 3 is 2.65 bits per heavy atom. The van der Waals surface area contributed by atoms with Gasteiger partial charge in [-0.25, -0.2) is 8.42 Å². The molecule has 0 aliphatic carbocycles. The SMILES string of the molecule is Cc1n[nH]c(C)c1S(=O)(=O)N1CCCCC1N. The zero-order chi connectivity index (χ0) is 12.6. The van der Waals surface area contributed by atoms with E-state index in [0.717, 1.165) is 19.3 Å². The summed E-state index contributed by atoms with van der Waals surface area (Å²) in [6.45, 7) is 3.89. The van der Waals surface area contributed by atoms with Gasteiger partial charge < -0.3 is 5.73 Å². The lowest BCUT2D eigenvalue weighted by molar-refractivity contribution is 0.258. The van der Waals surface area contributed by atoms with Crippen LogP contribution in [0.5, 0.6) is 0 Å². The maximum Gasteiger partial charge on any atom is 0.248 e. The van der Waals surface area contributed by atoms with E-state index in [2.05, 4.69) is 10.2 Å². The molecule has 6 nitrogen and oxygen atoms in total. The summed E-state index contributed by atoms with van der Waals surface area (Å²) in [5.41, 5.74) is 6.96. The van der Waals surface area contributed by atoms with Crippen molar-refractivity contribution in [1.82, 2.24) is 14.5 Å². The lowest BCUT2D eigenvalue weighted by Gasteiger charge is -2.31. The van der Waals surface area contributed by atoms with Crippen molar-refractivity contribution in [2.24, 2.45) is 5.73 Å². The third-order valence-electron chi connectivity index (χ3n) is 3.13. The monoisotopic (exact) mass is 258 g/mol. The first-order valence-corrected chi connectivity index (χ1v) is 7.17. The van der Waals surface area contributed by atoms with Crippen LogP contribution in [0.3, 0.4) is 0 Å². The molecular weight excluding hydrogens is 240 g/mol. The molecular formula is C10H18N4O2S. The topological polar surface area (TPSA) is 92.1 Å². The Bertz CT molecular complexity index is 489. The van der Waals surface area contributed by atoms with Crippen LogP contribution in [0.1, 0.15) is 30.7 Å². The smallest absolute Gasteiger partial charge is 0.248 e. The third-order valence-corrected chi connectivity index (χ3v) is 5.31. The van der Waals surface area contributed by atoms with Crippen molar-refractivity contribution >= 4 is 10.0 Å². The second-order valence-corrected chi connectivity index (χ2v) is 6.27. The van der Waals surface area contributed by atoms with Gasteiger partial charge in [-0.05, 0) is 33.1 Å². The van der Waals surface area contributed by atoms with Crippen molar-refractivity contribution in [2.75, 3.05) is 6.54 Å². The molecule has 0 saturated carbocycles. The fourth-order valence-electron chi connectivity index (χ4n) is 2.27. The molecule has 1 aliphatic heterocycles. The Morgan fingerprint density at radius 1 is 1.41 bits per heavy atom. The molecule has 1 aromatic rings. The molecule has 2 heterocycles. The molecule has 0 spiro atoms. The minimum atomic E-state index is -3.51. The van der Waals surface area contributed by atoms with Crippen LogP contribution in [0.15, 0.2) is 4.90 Å². The molecule has 1 atom stereocenters. The summed E-state index contributed by atoms with van der Waals surface area (Å²) in [6.07, 6.45) is 2.15. The van der Waals surface area contributed by atoms with E-state index < -0.39 is 16.2 Å². The molecule has 7 heteroatoms. The van der Waals surface area contributed by atoms with Crippen LogP contribution in [0.4, 0.5) is 0 Å². The second-order valence-electron chi connectivity index (χ2n) is 4.44. The molecule has 2 rings (SSSR count). The van der Waals surface area contributed by atoms with Gasteiger partial charge in [0, 0.05) is 6.54 Å². The zero-order valence-electron chi connectivity index (χ0n) is 10.1. The largest absolute Gasteiger partial charge is 0.315 e. The van der Waals surface area contributed by atoms with Gasteiger partial charge >= 0.3 is 0 Å². The number of rotatable bonds is 2. The Morgan fingerprint density at radius 2 is 2.12 bits per heavy atom. The lowest BCUT2D eigenvalue weighted by Crippen LogP contribution is -2.48. The van der Waals surface area contributed by atoms with Crippen molar-refractivity contribution in [3.8, 4) is 0 Å². The molecule has 1 fully saturated rings. The first-order chi connectivity index (χ1) is 7.94. The molecule has 0 aromatic carbocycles. The van der Waals surface area contributed by atoms with Gasteiger partial charge in [-0.2, -0.15) is 9.40 Å². The summed E-state index contributed by atoms with van der Waals surface area (Å²) in [6, 6.07) is 0. The number of piperidine rings is 1. The van der Waals surface area contributed by atoms with Gasteiger partial charge in [-0.15, -0.1) is 0 Å². The van der Waals surface area contributed by atoms with Crippen molar-refractivity contribution in [2.45, 2.75) is 44.2 Å². The Labute approximate surface area is 101 Å². The molecule has 1 unspecified atom stereocenters. The highest BCUT2D eigenvalue weighted by Gasteiger charge is 2.34. The first-order valence-electron chi connectivity index (χ1n) is 5.73. The summed E-state index contributed by atoms with van der Waals surface area (Å²) < 4.78 is 26.4. The number of H-pyrrole nitrogens is 1. The zero-order valence-corrected chi connectivity index (χ0v) is 10.9. The maximum absolute atomic E-state index is 12.5. The fraction of sp³-hybridized carbons (Fsp3) is 0.700. The van der Waals surface area contributed by atoms with Crippen molar-refractivity contribution in [3.63, 3.8) is 0 Å². The highest BCUT2D eigenvalue weighted by molar-refractivity contribution is 7.89. The number of hydrogen-bond acceptors (Lipinski definition) is 4. The molecule has 1 aliphatic rings. The number of nitrogens with two attached hydrogens (primary N) is 1. The molecule has 0 amide bonds. The number of sulfonamides is 1. The van der Waals surface area contributed by atoms with E-state index in [1.165, 1.54) is 4.31 Å². The van der Waals surface area contributed by atoms with Crippen LogP contribution in [0.2, 0.25) is 0 Å². The summed E-state index contributed by atoms with van der Waals surface area (Å²) in [7, 11) is -3.51. The normalized spacial score (nSPS) is 22.9. The van der Waals surface area contributed by atoms with E-state index >= 15 is 0 Å². The molecule has 17 heavy (non-hydrogen) atoms. The highest BCUT2D eigenvalue weighted by Crippen LogP contribution is 2.26.